The predicted molar refractivity (Wildman–Crippen MR) is 76.3 cm³/mol. The van der Waals surface area contributed by atoms with Gasteiger partial charge in [-0.3, -0.25) is 0 Å². The summed E-state index contributed by atoms with van der Waals surface area (Å²) in [6.07, 6.45) is 9.73. The van der Waals surface area contributed by atoms with E-state index in [-0.39, 0.29) is 0 Å². The highest BCUT2D eigenvalue weighted by Crippen LogP contribution is 2.27. The lowest BCUT2D eigenvalue weighted by atomic mass is 9.85. The van der Waals surface area contributed by atoms with Gasteiger partial charge in [0.1, 0.15) is 0 Å². The fourth-order valence-corrected chi connectivity index (χ4v) is 2.30. The maximum absolute atomic E-state index is 10.5. The van der Waals surface area contributed by atoms with Crippen molar-refractivity contribution >= 4 is 5.69 Å². The molecular formula is C16H21NO. The van der Waals surface area contributed by atoms with Crippen molar-refractivity contribution in [3.8, 4) is 0 Å². The van der Waals surface area contributed by atoms with E-state index in [0.29, 0.717) is 12.8 Å². The summed E-state index contributed by atoms with van der Waals surface area (Å²) in [4.78, 5) is 0. The van der Waals surface area contributed by atoms with Crippen LogP contribution in [-0.4, -0.2) is 10.7 Å². The summed E-state index contributed by atoms with van der Waals surface area (Å²) in [5.74, 6) is 0. The van der Waals surface area contributed by atoms with Crippen molar-refractivity contribution in [3.05, 3.63) is 53.6 Å². The number of hydrogen-bond acceptors (Lipinski definition) is 2. The number of anilines is 1. The second kappa shape index (κ2) is 5.40. The van der Waals surface area contributed by atoms with Crippen molar-refractivity contribution in [1.29, 1.82) is 0 Å². The molecule has 2 nitrogen and oxygen atoms in total. The van der Waals surface area contributed by atoms with E-state index in [4.69, 9.17) is 5.73 Å². The van der Waals surface area contributed by atoms with Gasteiger partial charge in [-0.05, 0) is 30.5 Å². The highest BCUT2D eigenvalue weighted by Gasteiger charge is 2.25. The van der Waals surface area contributed by atoms with E-state index in [2.05, 4.69) is 19.1 Å². The Morgan fingerprint density at radius 1 is 1.28 bits per heavy atom. The second-order valence-corrected chi connectivity index (χ2v) is 5.09. The highest BCUT2D eigenvalue weighted by atomic mass is 16.3. The lowest BCUT2D eigenvalue weighted by molar-refractivity contribution is 0.0929. The van der Waals surface area contributed by atoms with Gasteiger partial charge in [-0.2, -0.15) is 0 Å². The largest absolute Gasteiger partial charge is 0.399 e. The lowest BCUT2D eigenvalue weighted by Crippen LogP contribution is -2.29. The maximum Gasteiger partial charge on any atom is 0.0905 e. The molecular weight excluding hydrogens is 222 g/mol. The smallest absolute Gasteiger partial charge is 0.0905 e. The van der Waals surface area contributed by atoms with Gasteiger partial charge in [-0.25, -0.2) is 0 Å². The summed E-state index contributed by atoms with van der Waals surface area (Å²) in [5.41, 5.74) is 8.12. The van der Waals surface area contributed by atoms with Crippen LogP contribution in [0.3, 0.4) is 0 Å². The number of allylic oxidation sites excluding steroid dienone is 2. The number of hydrogen-bond donors (Lipinski definition) is 2. The molecule has 1 aromatic rings. The van der Waals surface area contributed by atoms with Crippen molar-refractivity contribution in [3.63, 3.8) is 0 Å². The number of aliphatic hydroxyl groups is 1. The highest BCUT2D eigenvalue weighted by molar-refractivity contribution is 5.40. The van der Waals surface area contributed by atoms with Crippen LogP contribution in [-0.2, 0) is 6.42 Å². The van der Waals surface area contributed by atoms with Crippen LogP contribution < -0.4 is 5.73 Å². The topological polar surface area (TPSA) is 46.2 Å². The summed E-state index contributed by atoms with van der Waals surface area (Å²) < 4.78 is 0. The first-order valence-electron chi connectivity index (χ1n) is 6.56. The first-order valence-corrected chi connectivity index (χ1v) is 6.56. The molecule has 3 N–H and O–H groups in total. The van der Waals surface area contributed by atoms with Crippen molar-refractivity contribution < 1.29 is 5.11 Å². The first-order chi connectivity index (χ1) is 8.61. The first kappa shape index (κ1) is 12.9. The van der Waals surface area contributed by atoms with Gasteiger partial charge in [0, 0.05) is 12.1 Å². The zero-order valence-corrected chi connectivity index (χ0v) is 10.9. The average Bonchev–Trinajstić information content (AvgIpc) is 2.36. The predicted octanol–water partition coefficient (Wildman–Crippen LogP) is 3.23. The number of nitrogens with two attached hydrogens (primary N) is 1. The van der Waals surface area contributed by atoms with Gasteiger partial charge >= 0.3 is 0 Å². The molecule has 0 spiro atoms. The SMILES string of the molecule is CCCC1=CCC(O)(Cc2ccc(N)cc2)C=C1. The molecule has 0 bridgehead atoms. The molecule has 1 aliphatic rings. The van der Waals surface area contributed by atoms with E-state index in [0.717, 1.165) is 24.1 Å². The Morgan fingerprint density at radius 3 is 2.56 bits per heavy atom. The maximum atomic E-state index is 10.5. The molecule has 1 unspecified atom stereocenters. The van der Waals surface area contributed by atoms with E-state index in [9.17, 15) is 5.11 Å². The molecule has 1 aromatic carbocycles. The molecule has 0 heterocycles. The van der Waals surface area contributed by atoms with Crippen LogP contribution in [0.1, 0.15) is 31.7 Å². The summed E-state index contributed by atoms with van der Waals surface area (Å²) in [5, 5.41) is 10.5. The van der Waals surface area contributed by atoms with Crippen LogP contribution in [0.2, 0.25) is 0 Å². The van der Waals surface area contributed by atoms with Gasteiger partial charge in [0.25, 0.3) is 0 Å². The van der Waals surface area contributed by atoms with Crippen LogP contribution in [0, 0.1) is 0 Å². The quantitative estimate of drug-likeness (QED) is 0.797. The minimum atomic E-state index is -0.743. The standard InChI is InChI=1S/C16H21NO/c1-2-3-13-8-10-16(18,11-9-13)12-14-4-6-15(17)7-5-14/h4-10,18H,2-3,11-12,17H2,1H3. The van der Waals surface area contributed by atoms with Crippen LogP contribution in [0.5, 0.6) is 0 Å². The third-order valence-corrected chi connectivity index (χ3v) is 3.35. The number of nitrogen functional groups attached to an aromatic ring is 1. The number of rotatable bonds is 4. The summed E-state index contributed by atoms with van der Waals surface area (Å²) in [6.45, 7) is 2.17. The Kier molecular flexibility index (Phi) is 3.87. The molecule has 0 amide bonds. The van der Waals surface area contributed by atoms with Crippen molar-refractivity contribution in [2.45, 2.75) is 38.2 Å². The second-order valence-electron chi connectivity index (χ2n) is 5.09. The zero-order chi connectivity index (χ0) is 13.0. The van der Waals surface area contributed by atoms with Crippen LogP contribution in [0.15, 0.2) is 48.1 Å². The molecule has 18 heavy (non-hydrogen) atoms. The average molecular weight is 243 g/mol. The third kappa shape index (κ3) is 3.23. The van der Waals surface area contributed by atoms with Gasteiger partial charge < -0.3 is 10.8 Å². The Labute approximate surface area is 109 Å². The summed E-state index contributed by atoms with van der Waals surface area (Å²) in [7, 11) is 0. The lowest BCUT2D eigenvalue weighted by Gasteiger charge is -2.27. The summed E-state index contributed by atoms with van der Waals surface area (Å²) in [6, 6.07) is 7.71. The van der Waals surface area contributed by atoms with Crippen LogP contribution >= 0.6 is 0 Å². The molecule has 0 saturated heterocycles. The number of benzene rings is 1. The molecule has 0 fully saturated rings. The minimum absolute atomic E-state index is 0.639. The Balaban J connectivity index is 2.02. The van der Waals surface area contributed by atoms with Crippen molar-refractivity contribution in [2.75, 3.05) is 5.73 Å². The molecule has 0 saturated carbocycles. The molecule has 2 rings (SSSR count). The Bertz CT molecular complexity index is 458. The zero-order valence-electron chi connectivity index (χ0n) is 10.9. The molecule has 0 aromatic heterocycles. The van der Waals surface area contributed by atoms with Gasteiger partial charge in [-0.1, -0.05) is 49.3 Å². The Morgan fingerprint density at radius 2 is 2.00 bits per heavy atom. The van der Waals surface area contributed by atoms with Gasteiger partial charge in [0.2, 0.25) is 0 Å². The molecule has 2 heteroatoms. The van der Waals surface area contributed by atoms with Gasteiger partial charge in [0.05, 0.1) is 5.60 Å². The van der Waals surface area contributed by atoms with E-state index in [1.807, 2.05) is 30.3 Å². The normalized spacial score (nSPS) is 22.9. The van der Waals surface area contributed by atoms with Crippen LogP contribution in [0.25, 0.3) is 0 Å². The van der Waals surface area contributed by atoms with E-state index in [1.54, 1.807) is 0 Å². The van der Waals surface area contributed by atoms with Crippen molar-refractivity contribution in [1.82, 2.24) is 0 Å². The minimum Gasteiger partial charge on any atom is -0.399 e. The van der Waals surface area contributed by atoms with E-state index >= 15 is 0 Å². The molecule has 1 atom stereocenters. The molecule has 96 valence electrons. The fourth-order valence-electron chi connectivity index (χ4n) is 2.30. The molecule has 0 radical (unpaired) electrons. The van der Waals surface area contributed by atoms with E-state index < -0.39 is 5.60 Å². The molecule has 1 aliphatic carbocycles. The van der Waals surface area contributed by atoms with Crippen LogP contribution in [0.4, 0.5) is 5.69 Å². The van der Waals surface area contributed by atoms with Gasteiger partial charge in [0.15, 0.2) is 0 Å². The van der Waals surface area contributed by atoms with Crippen molar-refractivity contribution in [2.24, 2.45) is 0 Å². The summed E-state index contributed by atoms with van der Waals surface area (Å²) >= 11 is 0. The monoisotopic (exact) mass is 243 g/mol. The van der Waals surface area contributed by atoms with E-state index in [1.165, 1.54) is 5.57 Å². The third-order valence-electron chi connectivity index (χ3n) is 3.35. The van der Waals surface area contributed by atoms with Gasteiger partial charge in [-0.15, -0.1) is 0 Å². The fraction of sp³-hybridized carbons (Fsp3) is 0.375. The Hall–Kier alpha value is -1.54. The molecule has 0 aliphatic heterocycles.